The van der Waals surface area contributed by atoms with Crippen molar-refractivity contribution >= 4 is 40.3 Å². The molecule has 1 rings (SSSR count). The summed E-state index contributed by atoms with van der Waals surface area (Å²) in [5, 5.41) is 11.3. The predicted octanol–water partition coefficient (Wildman–Crippen LogP) is 0.603. The second kappa shape index (κ2) is 5.66. The van der Waals surface area contributed by atoms with Gasteiger partial charge in [-0.3, -0.25) is 9.59 Å². The lowest BCUT2D eigenvalue weighted by Gasteiger charge is -1.98. The lowest BCUT2D eigenvalue weighted by atomic mass is 10.7. The lowest BCUT2D eigenvalue weighted by molar-refractivity contribution is -0.133. The lowest BCUT2D eigenvalue weighted by Crippen LogP contribution is -2.15. The molecule has 0 saturated carbocycles. The monoisotopic (exact) mass is 247 g/mol. The normalized spacial score (nSPS) is 9.93. The molecule has 0 saturated heterocycles. The average molecular weight is 247 g/mol. The van der Waals surface area contributed by atoms with Crippen LogP contribution in [0.3, 0.4) is 0 Å². The minimum atomic E-state index is -0.931. The largest absolute Gasteiger partial charge is 0.481 e. The molecule has 0 fully saturated rings. The average Bonchev–Trinajstić information content (AvgIpc) is 2.50. The molecule has 0 aromatic carbocycles. The van der Waals surface area contributed by atoms with Gasteiger partial charge in [-0.15, -0.1) is 11.8 Å². The smallest absolute Gasteiger partial charge is 0.313 e. The molecular weight excluding hydrogens is 238 g/mol. The van der Waals surface area contributed by atoms with Crippen molar-refractivity contribution in [2.45, 2.75) is 6.92 Å². The summed E-state index contributed by atoms with van der Waals surface area (Å²) in [4.78, 5) is 25.3. The van der Waals surface area contributed by atoms with E-state index in [2.05, 4.69) is 14.7 Å². The van der Waals surface area contributed by atoms with E-state index in [0.29, 0.717) is 11.0 Å². The molecule has 0 spiro atoms. The number of aryl methyl sites for hydroxylation is 1. The zero-order valence-electron chi connectivity index (χ0n) is 7.89. The van der Waals surface area contributed by atoms with Gasteiger partial charge in [-0.25, -0.2) is 4.98 Å². The first-order valence-electron chi connectivity index (χ1n) is 3.97. The van der Waals surface area contributed by atoms with Crippen LogP contribution in [0.2, 0.25) is 0 Å². The second-order valence-electron chi connectivity index (χ2n) is 2.58. The van der Waals surface area contributed by atoms with Gasteiger partial charge in [-0.1, -0.05) is 0 Å². The SMILES string of the molecule is Cc1nsc(NC(=O)CSCC(=O)O)n1. The summed E-state index contributed by atoms with van der Waals surface area (Å²) < 4.78 is 3.89. The fourth-order valence-corrected chi connectivity index (χ4v) is 1.86. The van der Waals surface area contributed by atoms with Crippen molar-refractivity contribution in [2.75, 3.05) is 16.8 Å². The molecule has 8 heteroatoms. The van der Waals surface area contributed by atoms with Crippen LogP contribution in [0.4, 0.5) is 5.13 Å². The van der Waals surface area contributed by atoms with Gasteiger partial charge >= 0.3 is 5.97 Å². The number of carbonyl (C=O) groups excluding carboxylic acids is 1. The molecule has 0 aliphatic rings. The van der Waals surface area contributed by atoms with Crippen LogP contribution < -0.4 is 5.32 Å². The quantitative estimate of drug-likeness (QED) is 0.791. The van der Waals surface area contributed by atoms with E-state index in [-0.39, 0.29) is 17.4 Å². The van der Waals surface area contributed by atoms with Crippen LogP contribution in [0.1, 0.15) is 5.82 Å². The molecule has 0 radical (unpaired) electrons. The highest BCUT2D eigenvalue weighted by atomic mass is 32.2. The topological polar surface area (TPSA) is 92.2 Å². The highest BCUT2D eigenvalue weighted by Crippen LogP contribution is 2.10. The first-order valence-corrected chi connectivity index (χ1v) is 5.90. The van der Waals surface area contributed by atoms with E-state index in [9.17, 15) is 9.59 Å². The number of amides is 1. The Hall–Kier alpha value is -1.15. The maximum atomic E-state index is 11.2. The summed E-state index contributed by atoms with van der Waals surface area (Å²) in [6.45, 7) is 1.73. The fourth-order valence-electron chi connectivity index (χ4n) is 0.734. The first kappa shape index (κ1) is 11.9. The summed E-state index contributed by atoms with van der Waals surface area (Å²) in [6, 6.07) is 0. The summed E-state index contributed by atoms with van der Waals surface area (Å²) in [5.41, 5.74) is 0. The number of aliphatic carboxylic acids is 1. The Morgan fingerprint density at radius 2 is 2.27 bits per heavy atom. The van der Waals surface area contributed by atoms with E-state index in [1.54, 1.807) is 6.92 Å². The fraction of sp³-hybridized carbons (Fsp3) is 0.429. The van der Waals surface area contributed by atoms with Gasteiger partial charge in [0.2, 0.25) is 11.0 Å². The minimum Gasteiger partial charge on any atom is -0.481 e. The molecular formula is C7H9N3O3S2. The Labute approximate surface area is 94.3 Å². The van der Waals surface area contributed by atoms with Gasteiger partial charge in [0, 0.05) is 11.5 Å². The number of carboxylic acid groups (broad SMARTS) is 1. The summed E-state index contributed by atoms with van der Waals surface area (Å²) >= 11 is 2.14. The van der Waals surface area contributed by atoms with Crippen LogP contribution in [-0.4, -0.2) is 37.8 Å². The zero-order chi connectivity index (χ0) is 11.3. The maximum Gasteiger partial charge on any atom is 0.313 e. The van der Waals surface area contributed by atoms with Crippen molar-refractivity contribution in [2.24, 2.45) is 0 Å². The maximum absolute atomic E-state index is 11.2. The summed E-state index contributed by atoms with van der Waals surface area (Å²) in [5.74, 6) is -0.571. The molecule has 1 aromatic rings. The van der Waals surface area contributed by atoms with Crippen molar-refractivity contribution in [3.63, 3.8) is 0 Å². The summed E-state index contributed by atoms with van der Waals surface area (Å²) in [6.07, 6.45) is 0. The minimum absolute atomic E-state index is 0.0808. The van der Waals surface area contributed by atoms with Gasteiger partial charge in [0.05, 0.1) is 11.5 Å². The van der Waals surface area contributed by atoms with Crippen molar-refractivity contribution in [1.29, 1.82) is 0 Å². The Bertz CT molecular complexity index is 366. The Kier molecular flexibility index (Phi) is 4.50. The number of aromatic nitrogens is 2. The third-order valence-electron chi connectivity index (χ3n) is 1.23. The van der Waals surface area contributed by atoms with Crippen molar-refractivity contribution in [3.8, 4) is 0 Å². The molecule has 0 unspecified atom stereocenters. The Morgan fingerprint density at radius 3 is 2.80 bits per heavy atom. The molecule has 1 amide bonds. The van der Waals surface area contributed by atoms with Crippen LogP contribution >= 0.6 is 23.3 Å². The molecule has 0 bridgehead atoms. The number of carbonyl (C=O) groups is 2. The van der Waals surface area contributed by atoms with Crippen LogP contribution in [0, 0.1) is 6.92 Å². The molecule has 15 heavy (non-hydrogen) atoms. The van der Waals surface area contributed by atoms with Crippen molar-refractivity contribution in [1.82, 2.24) is 9.36 Å². The van der Waals surface area contributed by atoms with Gasteiger partial charge in [0.25, 0.3) is 0 Å². The first-order chi connectivity index (χ1) is 7.08. The van der Waals surface area contributed by atoms with E-state index < -0.39 is 5.97 Å². The van der Waals surface area contributed by atoms with E-state index in [4.69, 9.17) is 5.11 Å². The number of carboxylic acids is 1. The standard InChI is InChI=1S/C7H9N3O3S2/c1-4-8-7(15-10-4)9-5(11)2-14-3-6(12)13/h2-3H2,1H3,(H,12,13)(H,8,9,10,11). The van der Waals surface area contributed by atoms with Gasteiger partial charge in [-0.05, 0) is 6.92 Å². The predicted molar refractivity (Wildman–Crippen MR) is 58.2 cm³/mol. The van der Waals surface area contributed by atoms with Gasteiger partial charge < -0.3 is 10.4 Å². The van der Waals surface area contributed by atoms with Gasteiger partial charge in [0.1, 0.15) is 5.82 Å². The zero-order valence-corrected chi connectivity index (χ0v) is 9.52. The molecule has 0 aliphatic carbocycles. The number of rotatable bonds is 5. The highest BCUT2D eigenvalue weighted by Gasteiger charge is 2.07. The number of hydrogen-bond donors (Lipinski definition) is 2. The number of anilines is 1. The molecule has 2 N–H and O–H groups in total. The van der Waals surface area contributed by atoms with E-state index in [1.807, 2.05) is 0 Å². The molecule has 6 nitrogen and oxygen atoms in total. The number of nitrogens with zero attached hydrogens (tertiary/aromatic N) is 2. The number of thioether (sulfide) groups is 1. The summed E-state index contributed by atoms with van der Waals surface area (Å²) in [7, 11) is 0. The number of hydrogen-bond acceptors (Lipinski definition) is 6. The number of nitrogens with one attached hydrogen (secondary N) is 1. The molecule has 1 aromatic heterocycles. The van der Waals surface area contributed by atoms with Crippen molar-refractivity contribution < 1.29 is 14.7 Å². The van der Waals surface area contributed by atoms with E-state index >= 15 is 0 Å². The second-order valence-corrected chi connectivity index (χ2v) is 4.32. The van der Waals surface area contributed by atoms with Crippen LogP contribution in [0.25, 0.3) is 0 Å². The molecule has 1 heterocycles. The van der Waals surface area contributed by atoms with Gasteiger partial charge in [-0.2, -0.15) is 4.37 Å². The van der Waals surface area contributed by atoms with E-state index in [1.165, 1.54) is 0 Å². The highest BCUT2D eigenvalue weighted by molar-refractivity contribution is 8.00. The van der Waals surface area contributed by atoms with Gasteiger partial charge in [0.15, 0.2) is 0 Å². The Balaban J connectivity index is 2.27. The molecule has 0 aliphatic heterocycles. The third-order valence-corrected chi connectivity index (χ3v) is 2.87. The molecule has 0 atom stereocenters. The Morgan fingerprint density at radius 1 is 1.53 bits per heavy atom. The van der Waals surface area contributed by atoms with Crippen LogP contribution in [0.5, 0.6) is 0 Å². The molecule has 82 valence electrons. The third kappa shape index (κ3) is 4.75. The van der Waals surface area contributed by atoms with E-state index in [0.717, 1.165) is 23.3 Å². The van der Waals surface area contributed by atoms with Crippen molar-refractivity contribution in [3.05, 3.63) is 5.82 Å². The van der Waals surface area contributed by atoms with Crippen LogP contribution in [-0.2, 0) is 9.59 Å². The van der Waals surface area contributed by atoms with Crippen LogP contribution in [0.15, 0.2) is 0 Å².